The van der Waals surface area contributed by atoms with Crippen molar-refractivity contribution < 1.29 is 14.3 Å². The van der Waals surface area contributed by atoms with E-state index in [-0.39, 0.29) is 11.9 Å². The van der Waals surface area contributed by atoms with Gasteiger partial charge in [-0.15, -0.1) is 0 Å². The summed E-state index contributed by atoms with van der Waals surface area (Å²) >= 11 is 1.66. The third-order valence-electron chi connectivity index (χ3n) is 3.73. The van der Waals surface area contributed by atoms with Crippen LogP contribution in [0.15, 0.2) is 35.0 Å². The molecule has 1 amide bonds. The van der Waals surface area contributed by atoms with E-state index in [2.05, 4.69) is 21.7 Å². The van der Waals surface area contributed by atoms with Crippen LogP contribution in [-0.4, -0.2) is 45.2 Å². The van der Waals surface area contributed by atoms with Crippen LogP contribution in [0.1, 0.15) is 28.9 Å². The Morgan fingerprint density at radius 1 is 1.29 bits per heavy atom. The van der Waals surface area contributed by atoms with E-state index in [0.717, 1.165) is 0 Å². The zero-order valence-corrected chi connectivity index (χ0v) is 15.4. The average molecular weight is 348 g/mol. The Bertz CT molecular complexity index is 656. The summed E-state index contributed by atoms with van der Waals surface area (Å²) in [6.45, 7) is 3.00. The van der Waals surface area contributed by atoms with Gasteiger partial charge in [-0.2, -0.15) is 11.3 Å². The lowest BCUT2D eigenvalue weighted by Crippen LogP contribution is -2.34. The number of likely N-dealkylation sites (N-methyl/N-ethyl adjacent to an activating group) is 1. The number of hydrogen-bond acceptors (Lipinski definition) is 5. The summed E-state index contributed by atoms with van der Waals surface area (Å²) in [5.74, 6) is 1.07. The van der Waals surface area contributed by atoms with Crippen LogP contribution in [0, 0.1) is 0 Å². The molecule has 0 radical (unpaired) electrons. The number of thiophene rings is 1. The van der Waals surface area contributed by atoms with E-state index >= 15 is 0 Å². The van der Waals surface area contributed by atoms with Crippen molar-refractivity contribution in [2.45, 2.75) is 13.0 Å². The van der Waals surface area contributed by atoms with Crippen molar-refractivity contribution in [2.75, 3.05) is 34.4 Å². The van der Waals surface area contributed by atoms with Gasteiger partial charge < -0.3 is 19.7 Å². The first-order valence-electron chi connectivity index (χ1n) is 7.84. The summed E-state index contributed by atoms with van der Waals surface area (Å²) in [5, 5.41) is 7.15. The molecule has 0 fully saturated rings. The van der Waals surface area contributed by atoms with Gasteiger partial charge in [-0.25, -0.2) is 0 Å². The second-order valence-corrected chi connectivity index (χ2v) is 6.32. The van der Waals surface area contributed by atoms with Crippen molar-refractivity contribution in [3.05, 3.63) is 46.2 Å². The number of rotatable bonds is 8. The molecule has 0 saturated heterocycles. The SMILES string of the molecule is CCOc1ccc(C(=O)NCC(c2ccsc2)N(C)C)cc1OC. The Hall–Kier alpha value is -2.05. The normalized spacial score (nSPS) is 12.0. The van der Waals surface area contributed by atoms with Gasteiger partial charge in [0, 0.05) is 12.1 Å². The van der Waals surface area contributed by atoms with E-state index < -0.39 is 0 Å². The minimum atomic E-state index is -0.126. The van der Waals surface area contributed by atoms with Gasteiger partial charge in [0.1, 0.15) is 0 Å². The molecule has 0 aliphatic rings. The summed E-state index contributed by atoms with van der Waals surface area (Å²) in [7, 11) is 5.58. The molecule has 1 atom stereocenters. The third kappa shape index (κ3) is 4.49. The maximum Gasteiger partial charge on any atom is 0.251 e. The fraction of sp³-hybridized carbons (Fsp3) is 0.389. The molecule has 0 saturated carbocycles. The largest absolute Gasteiger partial charge is 0.493 e. The Morgan fingerprint density at radius 2 is 2.08 bits per heavy atom. The number of hydrogen-bond donors (Lipinski definition) is 1. The van der Waals surface area contributed by atoms with Crippen molar-refractivity contribution in [2.24, 2.45) is 0 Å². The molecule has 1 aromatic heterocycles. The fourth-order valence-corrected chi connectivity index (χ4v) is 3.15. The predicted octanol–water partition coefficient (Wildman–Crippen LogP) is 3.19. The van der Waals surface area contributed by atoms with E-state index in [9.17, 15) is 4.79 Å². The van der Waals surface area contributed by atoms with Gasteiger partial charge in [-0.3, -0.25) is 4.79 Å². The highest BCUT2D eigenvalue weighted by molar-refractivity contribution is 7.07. The molecule has 5 nitrogen and oxygen atoms in total. The average Bonchev–Trinajstić information content (AvgIpc) is 3.09. The topological polar surface area (TPSA) is 50.8 Å². The molecule has 130 valence electrons. The molecule has 0 aliphatic carbocycles. The molecule has 1 N–H and O–H groups in total. The lowest BCUT2D eigenvalue weighted by Gasteiger charge is -2.24. The number of ether oxygens (including phenoxy) is 2. The van der Waals surface area contributed by atoms with E-state index in [4.69, 9.17) is 9.47 Å². The van der Waals surface area contributed by atoms with E-state index in [1.165, 1.54) is 5.56 Å². The Kier molecular flexibility index (Phi) is 6.63. The van der Waals surface area contributed by atoms with Crippen LogP contribution in [0.2, 0.25) is 0 Å². The molecular weight excluding hydrogens is 324 g/mol. The lowest BCUT2D eigenvalue weighted by atomic mass is 10.1. The van der Waals surface area contributed by atoms with Gasteiger partial charge in [0.25, 0.3) is 5.91 Å². The standard InChI is InChI=1S/C18H24N2O3S/c1-5-23-16-7-6-13(10-17(16)22-4)18(21)19-11-15(20(2)3)14-8-9-24-12-14/h6-10,12,15H,5,11H2,1-4H3,(H,19,21). The zero-order valence-electron chi connectivity index (χ0n) is 14.5. The van der Waals surface area contributed by atoms with E-state index in [0.29, 0.717) is 30.2 Å². The van der Waals surface area contributed by atoms with Crippen molar-refractivity contribution >= 4 is 17.2 Å². The number of nitrogens with one attached hydrogen (secondary N) is 1. The summed E-state index contributed by atoms with van der Waals surface area (Å²) in [4.78, 5) is 14.6. The number of benzene rings is 1. The van der Waals surface area contributed by atoms with Crippen LogP contribution in [0.5, 0.6) is 11.5 Å². The minimum absolute atomic E-state index is 0.126. The molecule has 6 heteroatoms. The van der Waals surface area contributed by atoms with Crippen molar-refractivity contribution in [3.63, 3.8) is 0 Å². The predicted molar refractivity (Wildman–Crippen MR) is 97.2 cm³/mol. The highest BCUT2D eigenvalue weighted by Gasteiger charge is 2.17. The quantitative estimate of drug-likeness (QED) is 0.796. The van der Waals surface area contributed by atoms with Gasteiger partial charge in [-0.05, 0) is 61.6 Å². The van der Waals surface area contributed by atoms with Gasteiger partial charge in [-0.1, -0.05) is 0 Å². The highest BCUT2D eigenvalue weighted by Crippen LogP contribution is 2.28. The molecule has 0 aliphatic heterocycles. The van der Waals surface area contributed by atoms with Crippen LogP contribution >= 0.6 is 11.3 Å². The maximum atomic E-state index is 12.5. The molecule has 0 bridgehead atoms. The summed E-state index contributed by atoms with van der Waals surface area (Å²) < 4.78 is 10.8. The second-order valence-electron chi connectivity index (χ2n) is 5.54. The highest BCUT2D eigenvalue weighted by atomic mass is 32.1. The molecule has 24 heavy (non-hydrogen) atoms. The van der Waals surface area contributed by atoms with Crippen molar-refractivity contribution in [1.82, 2.24) is 10.2 Å². The smallest absolute Gasteiger partial charge is 0.251 e. The number of carbonyl (C=O) groups is 1. The van der Waals surface area contributed by atoms with Crippen LogP contribution in [0.3, 0.4) is 0 Å². The van der Waals surface area contributed by atoms with Gasteiger partial charge in [0.2, 0.25) is 0 Å². The molecular formula is C18H24N2O3S. The first kappa shape index (κ1) is 18.3. The monoisotopic (exact) mass is 348 g/mol. The van der Waals surface area contributed by atoms with Crippen molar-refractivity contribution in [3.8, 4) is 11.5 Å². The van der Waals surface area contributed by atoms with Gasteiger partial charge >= 0.3 is 0 Å². The van der Waals surface area contributed by atoms with Crippen molar-refractivity contribution in [1.29, 1.82) is 0 Å². The first-order chi connectivity index (χ1) is 11.6. The lowest BCUT2D eigenvalue weighted by molar-refractivity contribution is 0.0941. The molecule has 2 aromatic rings. The number of nitrogens with zero attached hydrogens (tertiary/aromatic N) is 1. The van der Waals surface area contributed by atoms with Crippen LogP contribution in [0.4, 0.5) is 0 Å². The molecule has 2 rings (SSSR count). The summed E-state index contributed by atoms with van der Waals surface area (Å²) in [6, 6.07) is 7.44. The number of methoxy groups -OCH3 is 1. The van der Waals surface area contributed by atoms with Crippen LogP contribution in [-0.2, 0) is 0 Å². The van der Waals surface area contributed by atoms with Crippen LogP contribution in [0.25, 0.3) is 0 Å². The second kappa shape index (κ2) is 8.70. The van der Waals surface area contributed by atoms with Crippen LogP contribution < -0.4 is 14.8 Å². The zero-order chi connectivity index (χ0) is 17.5. The third-order valence-corrected chi connectivity index (χ3v) is 4.43. The Labute approximate surface area is 147 Å². The Morgan fingerprint density at radius 3 is 2.67 bits per heavy atom. The number of amides is 1. The maximum absolute atomic E-state index is 12.5. The summed E-state index contributed by atoms with van der Waals surface area (Å²) in [5.41, 5.74) is 1.76. The van der Waals surface area contributed by atoms with Gasteiger partial charge in [0.15, 0.2) is 11.5 Å². The summed E-state index contributed by atoms with van der Waals surface area (Å²) in [6.07, 6.45) is 0. The molecule has 1 heterocycles. The molecule has 1 aromatic carbocycles. The van der Waals surface area contributed by atoms with E-state index in [1.54, 1.807) is 36.6 Å². The molecule has 0 spiro atoms. The fourth-order valence-electron chi connectivity index (χ4n) is 2.44. The minimum Gasteiger partial charge on any atom is -0.493 e. The van der Waals surface area contributed by atoms with Gasteiger partial charge in [0.05, 0.1) is 19.8 Å². The Balaban J connectivity index is 2.06. The number of carbonyl (C=O) groups excluding carboxylic acids is 1. The first-order valence-corrected chi connectivity index (χ1v) is 8.78. The van der Waals surface area contributed by atoms with E-state index in [1.807, 2.05) is 26.4 Å². The molecule has 1 unspecified atom stereocenters.